The van der Waals surface area contributed by atoms with Crippen LogP contribution >= 0.6 is 0 Å². The Bertz CT molecular complexity index is 663. The highest BCUT2D eigenvalue weighted by Gasteiger charge is 2.28. The van der Waals surface area contributed by atoms with E-state index in [0.29, 0.717) is 44.9 Å². The van der Waals surface area contributed by atoms with Crippen LogP contribution in [0.25, 0.3) is 0 Å². The van der Waals surface area contributed by atoms with E-state index in [4.69, 9.17) is 4.74 Å². The fourth-order valence-electron chi connectivity index (χ4n) is 2.59. The van der Waals surface area contributed by atoms with Gasteiger partial charge in [0.15, 0.2) is 0 Å². The summed E-state index contributed by atoms with van der Waals surface area (Å²) in [5.74, 6) is 0.506. The van der Waals surface area contributed by atoms with Crippen molar-refractivity contribution in [3.05, 3.63) is 24.3 Å². The predicted octanol–water partition coefficient (Wildman–Crippen LogP) is 1.51. The highest BCUT2D eigenvalue weighted by Crippen LogP contribution is 2.22. The first-order chi connectivity index (χ1) is 11.5. The molecule has 0 radical (unpaired) electrons. The van der Waals surface area contributed by atoms with Gasteiger partial charge in [0.1, 0.15) is 5.75 Å². The van der Waals surface area contributed by atoms with E-state index in [-0.39, 0.29) is 10.9 Å². The number of ether oxygens (including phenoxy) is 1. The number of benzene rings is 1. The van der Waals surface area contributed by atoms with Crippen LogP contribution in [0.15, 0.2) is 29.2 Å². The zero-order valence-electron chi connectivity index (χ0n) is 14.2. The van der Waals surface area contributed by atoms with Gasteiger partial charge in [-0.3, -0.25) is 0 Å². The van der Waals surface area contributed by atoms with Crippen LogP contribution in [0.5, 0.6) is 5.75 Å². The summed E-state index contributed by atoms with van der Waals surface area (Å²) in [7, 11) is -2.08. The highest BCUT2D eigenvalue weighted by atomic mass is 32.2. The van der Waals surface area contributed by atoms with E-state index < -0.39 is 10.0 Å². The van der Waals surface area contributed by atoms with Crippen LogP contribution in [0, 0.1) is 0 Å². The predicted molar refractivity (Wildman–Crippen MR) is 91.6 cm³/mol. The van der Waals surface area contributed by atoms with Gasteiger partial charge in [-0.05, 0) is 25.0 Å². The summed E-state index contributed by atoms with van der Waals surface area (Å²) in [6, 6.07) is 6.33. The quantitative estimate of drug-likeness (QED) is 0.868. The molecule has 2 amide bonds. The number of sulfonamides is 1. The second kappa shape index (κ2) is 8.34. The molecule has 0 saturated carbocycles. The Kier molecular flexibility index (Phi) is 6.44. The summed E-state index contributed by atoms with van der Waals surface area (Å²) in [6.07, 6.45) is 1.48. The normalized spacial score (nSPS) is 16.5. The molecule has 0 aliphatic carbocycles. The summed E-state index contributed by atoms with van der Waals surface area (Å²) in [6.45, 7) is 4.25. The number of carbonyl (C=O) groups is 1. The van der Waals surface area contributed by atoms with E-state index in [1.54, 1.807) is 23.1 Å². The molecule has 1 heterocycles. The molecule has 1 fully saturated rings. The third kappa shape index (κ3) is 4.39. The van der Waals surface area contributed by atoms with Crippen LogP contribution in [0.4, 0.5) is 4.79 Å². The molecule has 1 saturated heterocycles. The van der Waals surface area contributed by atoms with E-state index in [9.17, 15) is 13.2 Å². The largest absolute Gasteiger partial charge is 0.497 e. The van der Waals surface area contributed by atoms with E-state index in [0.717, 1.165) is 6.42 Å². The monoisotopic (exact) mass is 355 g/mol. The molecule has 1 aliphatic heterocycles. The van der Waals surface area contributed by atoms with Crippen molar-refractivity contribution in [2.75, 3.05) is 39.8 Å². The average molecular weight is 355 g/mol. The molecule has 24 heavy (non-hydrogen) atoms. The second-order valence-electron chi connectivity index (χ2n) is 5.66. The van der Waals surface area contributed by atoms with Gasteiger partial charge in [0.05, 0.1) is 12.0 Å². The van der Waals surface area contributed by atoms with E-state index >= 15 is 0 Å². The maximum Gasteiger partial charge on any atom is 0.317 e. The fraction of sp³-hybridized carbons (Fsp3) is 0.562. The van der Waals surface area contributed by atoms with E-state index in [1.165, 1.54) is 17.5 Å². The fourth-order valence-corrected chi connectivity index (χ4v) is 4.10. The van der Waals surface area contributed by atoms with Crippen molar-refractivity contribution < 1.29 is 17.9 Å². The summed E-state index contributed by atoms with van der Waals surface area (Å²) >= 11 is 0. The molecule has 0 unspecified atom stereocenters. The molecule has 0 bridgehead atoms. The number of carbonyl (C=O) groups excluding carboxylic acids is 1. The average Bonchev–Trinajstić information content (AvgIpc) is 2.86. The van der Waals surface area contributed by atoms with Crippen molar-refractivity contribution in [2.45, 2.75) is 24.7 Å². The molecular weight excluding hydrogens is 330 g/mol. The standard InChI is InChI=1S/C16H25N3O4S/c1-3-8-17-16(20)18-9-5-10-19(12-11-18)24(21,22)15-7-4-6-14(13-15)23-2/h4,6-7,13H,3,5,8-12H2,1-2H3,(H,17,20). The number of hydrogen-bond donors (Lipinski definition) is 1. The number of nitrogens with zero attached hydrogens (tertiary/aromatic N) is 2. The van der Waals surface area contributed by atoms with Crippen molar-refractivity contribution in [3.8, 4) is 5.75 Å². The zero-order chi connectivity index (χ0) is 17.6. The molecular formula is C16H25N3O4S. The first kappa shape index (κ1) is 18.5. The first-order valence-corrected chi connectivity index (χ1v) is 9.60. The molecule has 2 rings (SSSR count). The maximum absolute atomic E-state index is 12.8. The minimum Gasteiger partial charge on any atom is -0.497 e. The Morgan fingerprint density at radius 2 is 2.04 bits per heavy atom. The van der Waals surface area contributed by atoms with Crippen LogP contribution in [-0.2, 0) is 10.0 Å². The first-order valence-electron chi connectivity index (χ1n) is 8.16. The molecule has 1 aliphatic rings. The van der Waals surface area contributed by atoms with Gasteiger partial charge in [-0.25, -0.2) is 13.2 Å². The van der Waals surface area contributed by atoms with Crippen LogP contribution in [0.1, 0.15) is 19.8 Å². The lowest BCUT2D eigenvalue weighted by molar-refractivity contribution is 0.200. The van der Waals surface area contributed by atoms with Crippen molar-refractivity contribution in [1.82, 2.24) is 14.5 Å². The maximum atomic E-state index is 12.8. The number of urea groups is 1. The molecule has 0 spiro atoms. The third-order valence-corrected chi connectivity index (χ3v) is 5.84. The zero-order valence-corrected chi connectivity index (χ0v) is 15.0. The van der Waals surface area contributed by atoms with Crippen molar-refractivity contribution in [3.63, 3.8) is 0 Å². The Morgan fingerprint density at radius 3 is 2.75 bits per heavy atom. The lowest BCUT2D eigenvalue weighted by Crippen LogP contribution is -2.42. The van der Waals surface area contributed by atoms with Gasteiger partial charge in [0.25, 0.3) is 0 Å². The van der Waals surface area contributed by atoms with Gasteiger partial charge >= 0.3 is 6.03 Å². The molecule has 134 valence electrons. The third-order valence-electron chi connectivity index (χ3n) is 3.95. The molecule has 0 aromatic heterocycles. The van der Waals surface area contributed by atoms with Gasteiger partial charge in [0, 0.05) is 38.8 Å². The van der Waals surface area contributed by atoms with Crippen molar-refractivity contribution in [1.29, 1.82) is 0 Å². The molecule has 1 N–H and O–H groups in total. The number of methoxy groups -OCH3 is 1. The lowest BCUT2D eigenvalue weighted by Gasteiger charge is -2.22. The Labute approximate surface area is 143 Å². The SMILES string of the molecule is CCCNC(=O)N1CCCN(S(=O)(=O)c2cccc(OC)c2)CC1. The molecule has 1 aromatic carbocycles. The molecule has 8 heteroatoms. The van der Waals surface area contributed by atoms with Crippen LogP contribution in [-0.4, -0.2) is 63.5 Å². The summed E-state index contributed by atoms with van der Waals surface area (Å²) < 4.78 is 32.2. The minimum absolute atomic E-state index is 0.127. The van der Waals surface area contributed by atoms with E-state index in [2.05, 4.69) is 5.32 Å². The Morgan fingerprint density at radius 1 is 1.25 bits per heavy atom. The second-order valence-corrected chi connectivity index (χ2v) is 7.59. The number of hydrogen-bond acceptors (Lipinski definition) is 4. The van der Waals surface area contributed by atoms with Gasteiger partial charge in [-0.1, -0.05) is 13.0 Å². The Balaban J connectivity index is 2.08. The van der Waals surface area contributed by atoms with Gasteiger partial charge in [-0.2, -0.15) is 4.31 Å². The Hall–Kier alpha value is -1.80. The van der Waals surface area contributed by atoms with E-state index in [1.807, 2.05) is 6.92 Å². The highest BCUT2D eigenvalue weighted by molar-refractivity contribution is 7.89. The summed E-state index contributed by atoms with van der Waals surface area (Å²) in [5.41, 5.74) is 0. The summed E-state index contributed by atoms with van der Waals surface area (Å²) in [4.78, 5) is 13.9. The van der Waals surface area contributed by atoms with Crippen LogP contribution in [0.3, 0.4) is 0 Å². The number of nitrogens with one attached hydrogen (secondary N) is 1. The van der Waals surface area contributed by atoms with Gasteiger partial charge < -0.3 is 15.0 Å². The van der Waals surface area contributed by atoms with Crippen molar-refractivity contribution >= 4 is 16.1 Å². The van der Waals surface area contributed by atoms with Crippen molar-refractivity contribution in [2.24, 2.45) is 0 Å². The summed E-state index contributed by atoms with van der Waals surface area (Å²) in [5, 5.41) is 2.83. The molecule has 0 atom stereocenters. The smallest absolute Gasteiger partial charge is 0.317 e. The van der Waals surface area contributed by atoms with Crippen LogP contribution in [0.2, 0.25) is 0 Å². The minimum atomic E-state index is -3.59. The van der Waals surface area contributed by atoms with Gasteiger partial charge in [-0.15, -0.1) is 0 Å². The molecule has 1 aromatic rings. The lowest BCUT2D eigenvalue weighted by atomic mass is 10.3. The number of rotatable bonds is 5. The van der Waals surface area contributed by atoms with Gasteiger partial charge in [0.2, 0.25) is 10.0 Å². The van der Waals surface area contributed by atoms with Crippen LogP contribution < -0.4 is 10.1 Å². The topological polar surface area (TPSA) is 79.0 Å². The molecule has 7 nitrogen and oxygen atoms in total. The number of amides is 2.